The van der Waals surface area contributed by atoms with Crippen LogP contribution in [0.2, 0.25) is 0 Å². The van der Waals surface area contributed by atoms with Gasteiger partial charge in [-0.2, -0.15) is 0 Å². The van der Waals surface area contributed by atoms with Gasteiger partial charge in [-0.15, -0.1) is 0 Å². The molecule has 0 unspecified atom stereocenters. The zero-order valence-electron chi connectivity index (χ0n) is 18.3. The first-order valence-corrected chi connectivity index (χ1v) is 10.8. The number of urea groups is 1. The highest BCUT2D eigenvalue weighted by atomic mass is 16.6. The summed E-state index contributed by atoms with van der Waals surface area (Å²) in [7, 11) is 1.54. The molecule has 1 aliphatic carbocycles. The number of fused-ring (bicyclic) bond motifs is 1. The van der Waals surface area contributed by atoms with Crippen LogP contribution in [0.5, 0.6) is 17.2 Å². The van der Waals surface area contributed by atoms with Gasteiger partial charge >= 0.3 is 12.0 Å². The molecule has 2 aliphatic rings. The number of ether oxygens (including phenoxy) is 4. The summed E-state index contributed by atoms with van der Waals surface area (Å²) in [5.74, 6) is 0.689. The van der Waals surface area contributed by atoms with Gasteiger partial charge in [-0.05, 0) is 54.8 Å². The molecule has 1 fully saturated rings. The van der Waals surface area contributed by atoms with E-state index in [1.54, 1.807) is 37.4 Å². The largest absolute Gasteiger partial charge is 0.497 e. The molecule has 0 atom stereocenters. The van der Waals surface area contributed by atoms with Gasteiger partial charge in [-0.3, -0.25) is 14.9 Å². The Balaban J connectivity index is 1.35. The minimum atomic E-state index is -0.846. The van der Waals surface area contributed by atoms with E-state index in [-0.39, 0.29) is 0 Å². The molecule has 2 aromatic rings. The SMILES string of the molecule is COc1ccc(NC(=O)NC(=O)COC(=O)C2(c3ccc4c(c3)OCCO4)CCCC2)cc1. The van der Waals surface area contributed by atoms with E-state index < -0.39 is 29.9 Å². The second-order valence-electron chi connectivity index (χ2n) is 7.95. The number of hydrogen-bond acceptors (Lipinski definition) is 7. The predicted octanol–water partition coefficient (Wildman–Crippen LogP) is 3.17. The molecular weight excluding hydrogens is 428 g/mol. The van der Waals surface area contributed by atoms with Crippen molar-refractivity contribution in [3.05, 3.63) is 48.0 Å². The summed E-state index contributed by atoms with van der Waals surface area (Å²) in [6.45, 7) is 0.383. The van der Waals surface area contributed by atoms with Gasteiger partial charge in [0.25, 0.3) is 5.91 Å². The number of rotatable bonds is 6. The maximum absolute atomic E-state index is 13.1. The van der Waals surface area contributed by atoms with Crippen molar-refractivity contribution < 1.29 is 33.3 Å². The summed E-state index contributed by atoms with van der Waals surface area (Å²) in [5.41, 5.74) is 0.426. The van der Waals surface area contributed by atoms with Crippen molar-refractivity contribution in [2.45, 2.75) is 31.1 Å². The molecule has 0 radical (unpaired) electrons. The third-order valence-corrected chi connectivity index (χ3v) is 5.88. The maximum atomic E-state index is 13.1. The molecule has 1 saturated carbocycles. The lowest BCUT2D eigenvalue weighted by Gasteiger charge is -2.28. The van der Waals surface area contributed by atoms with Gasteiger partial charge in [0.1, 0.15) is 19.0 Å². The summed E-state index contributed by atoms with van der Waals surface area (Å²) in [6, 6.07) is 11.4. The molecule has 2 N–H and O–H groups in total. The van der Waals surface area contributed by atoms with Crippen molar-refractivity contribution in [1.82, 2.24) is 5.32 Å². The molecule has 0 bridgehead atoms. The summed E-state index contributed by atoms with van der Waals surface area (Å²) in [6.07, 6.45) is 2.98. The lowest BCUT2D eigenvalue weighted by molar-refractivity contribution is -0.154. The number of carbonyl (C=O) groups excluding carboxylic acids is 3. The summed E-state index contributed by atoms with van der Waals surface area (Å²) >= 11 is 0. The Morgan fingerprint density at radius 2 is 1.67 bits per heavy atom. The van der Waals surface area contributed by atoms with Gasteiger partial charge in [0.05, 0.1) is 12.5 Å². The zero-order valence-corrected chi connectivity index (χ0v) is 18.3. The number of nitrogens with one attached hydrogen (secondary N) is 2. The third kappa shape index (κ3) is 5.02. The number of carbonyl (C=O) groups is 3. The van der Waals surface area contributed by atoms with Crippen molar-refractivity contribution in [2.24, 2.45) is 0 Å². The van der Waals surface area contributed by atoms with E-state index in [0.717, 1.165) is 18.4 Å². The number of anilines is 1. The second kappa shape index (κ2) is 9.81. The van der Waals surface area contributed by atoms with E-state index in [0.29, 0.717) is 49.0 Å². The van der Waals surface area contributed by atoms with Crippen molar-refractivity contribution >= 4 is 23.6 Å². The Morgan fingerprint density at radius 3 is 2.36 bits per heavy atom. The zero-order chi connectivity index (χ0) is 23.3. The summed E-state index contributed by atoms with van der Waals surface area (Å²) < 4.78 is 21.6. The van der Waals surface area contributed by atoms with Gasteiger partial charge in [0.15, 0.2) is 18.1 Å². The van der Waals surface area contributed by atoms with Gasteiger partial charge in [-0.1, -0.05) is 18.9 Å². The van der Waals surface area contributed by atoms with Crippen LogP contribution in [0.25, 0.3) is 0 Å². The molecular formula is C24H26N2O7. The summed E-state index contributed by atoms with van der Waals surface area (Å²) in [5, 5.41) is 4.70. The molecule has 1 aliphatic heterocycles. The van der Waals surface area contributed by atoms with E-state index in [1.165, 1.54) is 0 Å². The van der Waals surface area contributed by atoms with Gasteiger partial charge < -0.3 is 24.3 Å². The molecule has 0 aromatic heterocycles. The molecule has 0 spiro atoms. The highest BCUT2D eigenvalue weighted by Gasteiger charge is 2.45. The van der Waals surface area contributed by atoms with E-state index in [9.17, 15) is 14.4 Å². The van der Waals surface area contributed by atoms with Crippen molar-refractivity contribution in [3.63, 3.8) is 0 Å². The Hall–Kier alpha value is -3.75. The van der Waals surface area contributed by atoms with Crippen LogP contribution >= 0.6 is 0 Å². The molecule has 9 nitrogen and oxygen atoms in total. The van der Waals surface area contributed by atoms with Crippen LogP contribution in [0.4, 0.5) is 10.5 Å². The predicted molar refractivity (Wildman–Crippen MR) is 119 cm³/mol. The van der Waals surface area contributed by atoms with Gasteiger partial charge in [0.2, 0.25) is 0 Å². The Labute approximate surface area is 191 Å². The molecule has 4 rings (SSSR count). The summed E-state index contributed by atoms with van der Waals surface area (Å²) in [4.78, 5) is 37.3. The fourth-order valence-corrected chi connectivity index (χ4v) is 4.20. The van der Waals surface area contributed by atoms with E-state index in [4.69, 9.17) is 18.9 Å². The number of benzene rings is 2. The van der Waals surface area contributed by atoms with Crippen LogP contribution in [0.1, 0.15) is 31.2 Å². The Kier molecular flexibility index (Phi) is 6.67. The van der Waals surface area contributed by atoms with Crippen LogP contribution in [-0.4, -0.2) is 44.8 Å². The van der Waals surface area contributed by atoms with Gasteiger partial charge in [0, 0.05) is 5.69 Å². The monoisotopic (exact) mass is 454 g/mol. The van der Waals surface area contributed by atoms with Crippen molar-refractivity contribution in [3.8, 4) is 17.2 Å². The van der Waals surface area contributed by atoms with E-state index in [1.807, 2.05) is 12.1 Å². The number of imide groups is 1. The molecule has 9 heteroatoms. The lowest BCUT2D eigenvalue weighted by Crippen LogP contribution is -2.40. The quantitative estimate of drug-likeness (QED) is 0.645. The van der Waals surface area contributed by atoms with Crippen LogP contribution in [0.3, 0.4) is 0 Å². The minimum absolute atomic E-state index is 0.451. The number of amides is 3. The fraction of sp³-hybridized carbons (Fsp3) is 0.375. The normalized spacial score (nSPS) is 15.9. The smallest absolute Gasteiger partial charge is 0.325 e. The van der Waals surface area contributed by atoms with Crippen LogP contribution in [0, 0.1) is 0 Å². The topological polar surface area (TPSA) is 112 Å². The molecule has 2 aromatic carbocycles. The first-order chi connectivity index (χ1) is 16.0. The van der Waals surface area contributed by atoms with Crippen molar-refractivity contribution in [2.75, 3.05) is 32.2 Å². The van der Waals surface area contributed by atoms with Crippen LogP contribution < -0.4 is 24.8 Å². The Morgan fingerprint density at radius 1 is 0.970 bits per heavy atom. The number of methoxy groups -OCH3 is 1. The van der Waals surface area contributed by atoms with E-state index >= 15 is 0 Å². The molecule has 1 heterocycles. The first kappa shape index (κ1) is 22.4. The average Bonchev–Trinajstić information content (AvgIpc) is 3.34. The fourth-order valence-electron chi connectivity index (χ4n) is 4.20. The first-order valence-electron chi connectivity index (χ1n) is 10.8. The lowest BCUT2D eigenvalue weighted by atomic mass is 9.78. The minimum Gasteiger partial charge on any atom is -0.497 e. The van der Waals surface area contributed by atoms with Crippen molar-refractivity contribution in [1.29, 1.82) is 0 Å². The average molecular weight is 454 g/mol. The number of hydrogen-bond donors (Lipinski definition) is 2. The highest BCUT2D eigenvalue weighted by Crippen LogP contribution is 2.45. The van der Waals surface area contributed by atoms with Crippen LogP contribution in [0.15, 0.2) is 42.5 Å². The molecule has 174 valence electrons. The number of esters is 1. The highest BCUT2D eigenvalue weighted by molar-refractivity contribution is 6.02. The van der Waals surface area contributed by atoms with Gasteiger partial charge in [-0.25, -0.2) is 4.79 Å². The maximum Gasteiger partial charge on any atom is 0.325 e. The molecule has 3 amide bonds. The molecule has 33 heavy (non-hydrogen) atoms. The molecule has 0 saturated heterocycles. The van der Waals surface area contributed by atoms with E-state index in [2.05, 4.69) is 10.6 Å². The van der Waals surface area contributed by atoms with Crippen LogP contribution in [-0.2, 0) is 19.7 Å². The standard InChI is InChI=1S/C24H26N2O7/c1-30-18-7-5-17(6-8-18)25-23(29)26-21(27)15-33-22(28)24(10-2-3-11-24)16-4-9-19-20(14-16)32-13-12-31-19/h4-9,14H,2-3,10-13,15H2,1H3,(H2,25,26,27,29). The third-order valence-electron chi connectivity index (χ3n) is 5.88. The second-order valence-corrected chi connectivity index (χ2v) is 7.95. The Bertz CT molecular complexity index is 1030.